The van der Waals surface area contributed by atoms with E-state index in [1.54, 1.807) is 24.3 Å². The second-order valence-corrected chi connectivity index (χ2v) is 11.6. The fourth-order valence-electron chi connectivity index (χ4n) is 4.28. The van der Waals surface area contributed by atoms with Gasteiger partial charge in [0.05, 0.1) is 0 Å². The highest BCUT2D eigenvalue weighted by molar-refractivity contribution is 7.49. The molecule has 0 aliphatic heterocycles. The summed E-state index contributed by atoms with van der Waals surface area (Å²) < 4.78 is 32.1. The van der Waals surface area contributed by atoms with Gasteiger partial charge in [0.15, 0.2) is 0 Å². The standard InChI is InChI=1S/C31H43N2O4P/c1-32(2)25-14-6-5-9-17-27-18-15-24-31(30(27)23-16-26-33(3)4)37-38(34,35-28-19-10-7-11-20-28)36-29-21-12-8-13-22-29/h7-8,10-13,15,18-22,24H,5-6,9,14,16-17,23,25-26H2,1-4H3. The van der Waals surface area contributed by atoms with Gasteiger partial charge in [-0.1, -0.05) is 61.4 Å². The Morgan fingerprint density at radius 1 is 0.579 bits per heavy atom. The first kappa shape index (κ1) is 29.8. The van der Waals surface area contributed by atoms with Crippen molar-refractivity contribution in [1.82, 2.24) is 9.80 Å². The Bertz CT molecular complexity index is 1080. The van der Waals surface area contributed by atoms with Crippen LogP contribution in [0.25, 0.3) is 0 Å². The fourth-order valence-corrected chi connectivity index (χ4v) is 5.56. The lowest BCUT2D eigenvalue weighted by Gasteiger charge is -2.22. The Balaban J connectivity index is 1.83. The third-order valence-corrected chi connectivity index (χ3v) is 7.48. The maximum atomic E-state index is 14.1. The molecule has 0 atom stereocenters. The van der Waals surface area contributed by atoms with Crippen molar-refractivity contribution < 1.29 is 18.1 Å². The van der Waals surface area contributed by atoms with E-state index in [0.29, 0.717) is 17.2 Å². The first-order valence-electron chi connectivity index (χ1n) is 13.5. The van der Waals surface area contributed by atoms with Crippen LogP contribution in [0.1, 0.15) is 43.2 Å². The molecule has 3 rings (SSSR count). The minimum Gasteiger partial charge on any atom is -0.386 e. The number of unbranched alkanes of at least 4 members (excludes halogenated alkanes) is 3. The van der Waals surface area contributed by atoms with E-state index >= 15 is 0 Å². The molecular formula is C31H43N2O4P. The van der Waals surface area contributed by atoms with Crippen LogP contribution in [-0.4, -0.2) is 51.1 Å². The van der Waals surface area contributed by atoms with E-state index < -0.39 is 7.82 Å². The van der Waals surface area contributed by atoms with Crippen LogP contribution in [0, 0.1) is 0 Å². The number of benzene rings is 3. The second-order valence-electron chi connectivity index (χ2n) is 10.1. The molecule has 0 spiro atoms. The second kappa shape index (κ2) is 15.6. The van der Waals surface area contributed by atoms with E-state index in [2.05, 4.69) is 44.1 Å². The topological polar surface area (TPSA) is 51.2 Å². The van der Waals surface area contributed by atoms with Crippen LogP contribution in [0.3, 0.4) is 0 Å². The Morgan fingerprint density at radius 2 is 1.13 bits per heavy atom. The van der Waals surface area contributed by atoms with Crippen LogP contribution in [0.5, 0.6) is 17.2 Å². The molecular weight excluding hydrogens is 495 g/mol. The Labute approximate surface area is 229 Å². The zero-order valence-corrected chi connectivity index (χ0v) is 24.2. The van der Waals surface area contributed by atoms with Gasteiger partial charge in [-0.3, -0.25) is 0 Å². The number of aryl methyl sites for hydroxylation is 1. The van der Waals surface area contributed by atoms with E-state index in [9.17, 15) is 4.57 Å². The number of phosphoric ester groups is 1. The summed E-state index contributed by atoms with van der Waals surface area (Å²) in [5.74, 6) is 1.41. The maximum absolute atomic E-state index is 14.1. The first-order chi connectivity index (χ1) is 18.3. The molecule has 0 saturated carbocycles. The summed E-state index contributed by atoms with van der Waals surface area (Å²) in [7, 11) is 4.34. The number of para-hydroxylation sites is 2. The van der Waals surface area contributed by atoms with Crippen molar-refractivity contribution in [3.8, 4) is 17.2 Å². The third kappa shape index (κ3) is 10.5. The zero-order valence-electron chi connectivity index (χ0n) is 23.3. The minimum absolute atomic E-state index is 0.426. The van der Waals surface area contributed by atoms with E-state index in [1.807, 2.05) is 48.5 Å². The summed E-state index contributed by atoms with van der Waals surface area (Å²) in [6.07, 6.45) is 7.46. The van der Waals surface area contributed by atoms with Crippen LogP contribution in [0.15, 0.2) is 78.9 Å². The molecule has 0 aromatic heterocycles. The van der Waals surface area contributed by atoms with Gasteiger partial charge in [-0.15, -0.1) is 0 Å². The highest BCUT2D eigenvalue weighted by Gasteiger charge is 2.34. The molecule has 0 aliphatic carbocycles. The Morgan fingerprint density at radius 3 is 1.71 bits per heavy atom. The lowest BCUT2D eigenvalue weighted by Crippen LogP contribution is -2.14. The summed E-state index contributed by atoms with van der Waals surface area (Å²) in [5.41, 5.74) is 2.32. The molecule has 38 heavy (non-hydrogen) atoms. The molecule has 206 valence electrons. The first-order valence-corrected chi connectivity index (χ1v) is 15.0. The molecule has 0 unspecified atom stereocenters. The van der Waals surface area contributed by atoms with Crippen molar-refractivity contribution in [2.75, 3.05) is 41.3 Å². The summed E-state index contributed by atoms with van der Waals surface area (Å²) in [5, 5.41) is 0. The van der Waals surface area contributed by atoms with Crippen LogP contribution in [0.2, 0.25) is 0 Å². The smallest absolute Gasteiger partial charge is 0.386 e. The summed E-state index contributed by atoms with van der Waals surface area (Å²) in [4.78, 5) is 4.41. The van der Waals surface area contributed by atoms with Crippen LogP contribution in [-0.2, 0) is 17.4 Å². The predicted molar refractivity (Wildman–Crippen MR) is 156 cm³/mol. The largest absolute Gasteiger partial charge is 0.647 e. The molecule has 0 heterocycles. The van der Waals surface area contributed by atoms with E-state index in [-0.39, 0.29) is 0 Å². The van der Waals surface area contributed by atoms with Crippen molar-refractivity contribution in [3.63, 3.8) is 0 Å². The summed E-state index contributed by atoms with van der Waals surface area (Å²) in [6.45, 7) is 2.08. The molecule has 6 nitrogen and oxygen atoms in total. The molecule has 7 heteroatoms. The average Bonchev–Trinajstić information content (AvgIpc) is 2.88. The molecule has 0 radical (unpaired) electrons. The predicted octanol–water partition coefficient (Wildman–Crippen LogP) is 7.49. The SMILES string of the molecule is CN(C)CCCCCCc1cccc(OP(=O)(Oc2ccccc2)Oc2ccccc2)c1CCCN(C)C. The van der Waals surface area contributed by atoms with Gasteiger partial charge in [0, 0.05) is 0 Å². The molecule has 0 amide bonds. The van der Waals surface area contributed by atoms with Crippen LogP contribution >= 0.6 is 7.82 Å². The number of hydrogen-bond acceptors (Lipinski definition) is 6. The lowest BCUT2D eigenvalue weighted by molar-refractivity contribution is 0.297. The van der Waals surface area contributed by atoms with Crippen molar-refractivity contribution in [1.29, 1.82) is 0 Å². The molecule has 0 aliphatic rings. The highest BCUT2D eigenvalue weighted by atomic mass is 31.2. The van der Waals surface area contributed by atoms with Gasteiger partial charge in [0.2, 0.25) is 0 Å². The highest BCUT2D eigenvalue weighted by Crippen LogP contribution is 2.50. The van der Waals surface area contributed by atoms with Gasteiger partial charge in [0.25, 0.3) is 0 Å². The van der Waals surface area contributed by atoms with Gasteiger partial charge in [-0.05, 0) is 115 Å². The monoisotopic (exact) mass is 538 g/mol. The maximum Gasteiger partial charge on any atom is 0.647 e. The molecule has 0 N–H and O–H groups in total. The lowest BCUT2D eigenvalue weighted by atomic mass is 9.97. The number of hydrogen-bond donors (Lipinski definition) is 0. The van der Waals surface area contributed by atoms with Gasteiger partial charge < -0.3 is 23.4 Å². The van der Waals surface area contributed by atoms with Crippen molar-refractivity contribution >= 4 is 7.82 Å². The van der Waals surface area contributed by atoms with Crippen molar-refractivity contribution in [2.45, 2.75) is 44.9 Å². The molecule has 0 saturated heterocycles. The number of rotatable bonds is 17. The summed E-state index contributed by atoms with van der Waals surface area (Å²) >= 11 is 0. The van der Waals surface area contributed by atoms with Crippen molar-refractivity contribution in [3.05, 3.63) is 90.0 Å². The minimum atomic E-state index is -4.05. The normalized spacial score (nSPS) is 11.6. The molecule has 0 fully saturated rings. The van der Waals surface area contributed by atoms with Gasteiger partial charge in [-0.2, -0.15) is 4.57 Å². The zero-order chi connectivity index (χ0) is 27.2. The third-order valence-electron chi connectivity index (χ3n) is 6.19. The Hall–Kier alpha value is -2.79. The van der Waals surface area contributed by atoms with E-state index in [4.69, 9.17) is 13.6 Å². The van der Waals surface area contributed by atoms with Gasteiger partial charge in [0.1, 0.15) is 17.2 Å². The average molecular weight is 539 g/mol. The number of phosphoric acid groups is 1. The van der Waals surface area contributed by atoms with Gasteiger partial charge in [-0.25, -0.2) is 0 Å². The van der Waals surface area contributed by atoms with Gasteiger partial charge >= 0.3 is 7.82 Å². The van der Waals surface area contributed by atoms with Crippen LogP contribution in [0.4, 0.5) is 0 Å². The van der Waals surface area contributed by atoms with Crippen LogP contribution < -0.4 is 13.6 Å². The fraction of sp³-hybridized carbons (Fsp3) is 0.419. The molecule has 3 aromatic rings. The van der Waals surface area contributed by atoms with E-state index in [1.165, 1.54) is 24.8 Å². The summed E-state index contributed by atoms with van der Waals surface area (Å²) in [6, 6.07) is 24.1. The quantitative estimate of drug-likeness (QED) is 0.131. The Kier molecular flexibility index (Phi) is 12.2. The van der Waals surface area contributed by atoms with Crippen molar-refractivity contribution in [2.24, 2.45) is 0 Å². The molecule has 3 aromatic carbocycles. The van der Waals surface area contributed by atoms with E-state index in [0.717, 1.165) is 44.3 Å². The molecule has 0 bridgehead atoms. The number of nitrogens with zero attached hydrogens (tertiary/aromatic N) is 2.